The second kappa shape index (κ2) is 11.2. The maximum absolute atomic E-state index is 12.3. The Morgan fingerprint density at radius 3 is 2.29 bits per heavy atom. The Hall–Kier alpha value is -2.46. The number of amides is 2. The Bertz CT molecular complexity index is 877. The highest BCUT2D eigenvalue weighted by atomic mass is 32.2. The van der Waals surface area contributed by atoms with Gasteiger partial charge in [-0.1, -0.05) is 6.92 Å². The van der Waals surface area contributed by atoms with E-state index in [-0.39, 0.29) is 42.3 Å². The van der Waals surface area contributed by atoms with Crippen LogP contribution < -0.4 is 10.0 Å². The first-order valence-corrected chi connectivity index (χ1v) is 11.9. The molecule has 172 valence electrons. The van der Waals surface area contributed by atoms with E-state index in [9.17, 15) is 22.8 Å². The van der Waals surface area contributed by atoms with Gasteiger partial charge < -0.3 is 15.0 Å². The van der Waals surface area contributed by atoms with Crippen LogP contribution >= 0.6 is 0 Å². The van der Waals surface area contributed by atoms with Crippen LogP contribution in [0.15, 0.2) is 29.2 Å². The van der Waals surface area contributed by atoms with Crippen LogP contribution in [0.1, 0.15) is 46.0 Å². The number of anilines is 1. The number of hydrogen-bond donors (Lipinski definition) is 2. The van der Waals surface area contributed by atoms with Crippen LogP contribution in [-0.4, -0.2) is 57.3 Å². The summed E-state index contributed by atoms with van der Waals surface area (Å²) in [5, 5.41) is 2.55. The minimum atomic E-state index is -3.81. The molecule has 0 radical (unpaired) electrons. The third-order valence-corrected chi connectivity index (χ3v) is 6.87. The number of hydrogen-bond acceptors (Lipinski definition) is 6. The number of likely N-dealkylation sites (N-methyl/N-ethyl adjacent to an activating group) is 1. The lowest BCUT2D eigenvalue weighted by Gasteiger charge is -2.33. The largest absolute Gasteiger partial charge is 0.456 e. The Morgan fingerprint density at radius 1 is 1.10 bits per heavy atom. The van der Waals surface area contributed by atoms with Crippen molar-refractivity contribution in [1.29, 1.82) is 0 Å². The van der Waals surface area contributed by atoms with Gasteiger partial charge in [-0.3, -0.25) is 14.4 Å². The van der Waals surface area contributed by atoms with Crippen molar-refractivity contribution >= 4 is 33.5 Å². The molecule has 2 rings (SSSR count). The maximum Gasteiger partial charge on any atom is 0.307 e. The van der Waals surface area contributed by atoms with Crippen molar-refractivity contribution in [3.63, 3.8) is 0 Å². The van der Waals surface area contributed by atoms with Crippen molar-refractivity contribution in [3.8, 4) is 0 Å². The molecule has 1 aliphatic carbocycles. The summed E-state index contributed by atoms with van der Waals surface area (Å²) < 4.78 is 31.9. The molecule has 10 heteroatoms. The normalized spacial score (nSPS) is 18.8. The Morgan fingerprint density at radius 2 is 1.71 bits per heavy atom. The second-order valence-electron chi connectivity index (χ2n) is 7.93. The van der Waals surface area contributed by atoms with Gasteiger partial charge in [0.25, 0.3) is 5.91 Å². The van der Waals surface area contributed by atoms with Crippen LogP contribution in [0, 0.1) is 5.92 Å². The molecule has 0 atom stereocenters. The summed E-state index contributed by atoms with van der Waals surface area (Å²) >= 11 is 0. The molecule has 1 aliphatic rings. The molecule has 9 nitrogen and oxygen atoms in total. The quantitative estimate of drug-likeness (QED) is 0.551. The standard InChI is InChI=1S/C21H31N3O6S/c1-15-4-8-18(9-5-15)24(3)20(26)14-30-21(27)12-13-22-31(28,29)19-10-6-17(7-11-19)23-16(2)25/h6-7,10-11,15,18,22H,4-5,8-9,12-14H2,1-3H3,(H,23,25). The van der Waals surface area contributed by atoms with Gasteiger partial charge in [0.15, 0.2) is 6.61 Å². The van der Waals surface area contributed by atoms with Gasteiger partial charge in [-0.25, -0.2) is 13.1 Å². The third kappa shape index (κ3) is 7.95. The molecular weight excluding hydrogens is 422 g/mol. The molecule has 31 heavy (non-hydrogen) atoms. The van der Waals surface area contributed by atoms with Crippen LogP contribution in [0.25, 0.3) is 0 Å². The van der Waals surface area contributed by atoms with Crippen LogP contribution in [-0.2, 0) is 29.1 Å². The zero-order chi connectivity index (χ0) is 23.0. The minimum absolute atomic E-state index is 0.00794. The highest BCUT2D eigenvalue weighted by Gasteiger charge is 2.25. The molecule has 1 aromatic rings. The lowest BCUT2D eigenvalue weighted by atomic mass is 9.87. The number of benzene rings is 1. The SMILES string of the molecule is CC(=O)Nc1ccc(S(=O)(=O)NCCC(=O)OCC(=O)N(C)C2CCC(C)CC2)cc1. The van der Waals surface area contributed by atoms with E-state index in [4.69, 9.17) is 4.74 Å². The lowest BCUT2D eigenvalue weighted by Crippen LogP contribution is -2.41. The third-order valence-electron chi connectivity index (χ3n) is 5.39. The summed E-state index contributed by atoms with van der Waals surface area (Å²) in [6.45, 7) is 3.06. The highest BCUT2D eigenvalue weighted by Crippen LogP contribution is 2.26. The number of esters is 1. The van der Waals surface area contributed by atoms with Crippen molar-refractivity contribution in [2.45, 2.75) is 56.9 Å². The number of carbonyl (C=O) groups excluding carboxylic acids is 3. The molecule has 0 aliphatic heterocycles. The molecule has 0 unspecified atom stereocenters. The second-order valence-corrected chi connectivity index (χ2v) is 9.70. The van der Waals surface area contributed by atoms with Crippen LogP contribution in [0.4, 0.5) is 5.69 Å². The number of nitrogens with zero attached hydrogens (tertiary/aromatic N) is 1. The Labute approximate surface area is 183 Å². The lowest BCUT2D eigenvalue weighted by molar-refractivity contribution is -0.152. The fraction of sp³-hybridized carbons (Fsp3) is 0.571. The van der Waals surface area contributed by atoms with E-state index < -0.39 is 16.0 Å². The van der Waals surface area contributed by atoms with Crippen molar-refractivity contribution in [1.82, 2.24) is 9.62 Å². The summed E-state index contributed by atoms with van der Waals surface area (Å²) in [4.78, 5) is 36.8. The summed E-state index contributed by atoms with van der Waals surface area (Å²) in [6, 6.07) is 5.82. The van der Waals surface area contributed by atoms with Crippen molar-refractivity contribution in [3.05, 3.63) is 24.3 Å². The minimum Gasteiger partial charge on any atom is -0.456 e. The molecule has 0 bridgehead atoms. The molecule has 2 N–H and O–H groups in total. The Balaban J connectivity index is 1.73. The van der Waals surface area contributed by atoms with Gasteiger partial charge in [0.05, 0.1) is 11.3 Å². The van der Waals surface area contributed by atoms with E-state index >= 15 is 0 Å². The van der Waals surface area contributed by atoms with Gasteiger partial charge in [-0.2, -0.15) is 0 Å². The van der Waals surface area contributed by atoms with E-state index in [0.717, 1.165) is 25.7 Å². The highest BCUT2D eigenvalue weighted by molar-refractivity contribution is 7.89. The number of carbonyl (C=O) groups is 3. The fourth-order valence-electron chi connectivity index (χ4n) is 3.44. The van der Waals surface area contributed by atoms with E-state index in [0.29, 0.717) is 11.6 Å². The number of ether oxygens (including phenoxy) is 1. The smallest absolute Gasteiger partial charge is 0.307 e. The number of rotatable bonds is 9. The zero-order valence-electron chi connectivity index (χ0n) is 18.2. The molecule has 0 aromatic heterocycles. The summed E-state index contributed by atoms with van der Waals surface area (Å²) in [6.07, 6.45) is 3.87. The van der Waals surface area contributed by atoms with Crippen molar-refractivity contribution < 1.29 is 27.5 Å². The first-order valence-electron chi connectivity index (χ1n) is 10.4. The van der Waals surface area contributed by atoms with Crippen LogP contribution in [0.3, 0.4) is 0 Å². The van der Waals surface area contributed by atoms with Crippen molar-refractivity contribution in [2.75, 3.05) is 25.5 Å². The monoisotopic (exact) mass is 453 g/mol. The molecular formula is C21H31N3O6S. The molecule has 0 spiro atoms. The van der Waals surface area contributed by atoms with Gasteiger partial charge in [-0.05, 0) is 55.9 Å². The summed E-state index contributed by atoms with van der Waals surface area (Å²) in [5.41, 5.74) is 0.479. The molecule has 0 heterocycles. The zero-order valence-corrected chi connectivity index (χ0v) is 19.0. The van der Waals surface area contributed by atoms with E-state index in [2.05, 4.69) is 17.0 Å². The molecule has 0 saturated heterocycles. The molecule has 1 saturated carbocycles. The predicted molar refractivity (Wildman–Crippen MR) is 116 cm³/mol. The van der Waals surface area contributed by atoms with Crippen LogP contribution in [0.5, 0.6) is 0 Å². The van der Waals surface area contributed by atoms with Gasteiger partial charge in [0, 0.05) is 32.2 Å². The number of nitrogens with one attached hydrogen (secondary N) is 2. The molecule has 1 fully saturated rings. The topological polar surface area (TPSA) is 122 Å². The summed E-state index contributed by atoms with van der Waals surface area (Å²) in [5.74, 6) is -0.489. The van der Waals surface area contributed by atoms with E-state index in [1.54, 1.807) is 11.9 Å². The van der Waals surface area contributed by atoms with Gasteiger partial charge >= 0.3 is 5.97 Å². The van der Waals surface area contributed by atoms with Gasteiger partial charge in [-0.15, -0.1) is 0 Å². The van der Waals surface area contributed by atoms with Crippen molar-refractivity contribution in [2.24, 2.45) is 5.92 Å². The maximum atomic E-state index is 12.3. The predicted octanol–water partition coefficient (Wildman–Crippen LogP) is 1.89. The number of sulfonamides is 1. The fourth-order valence-corrected chi connectivity index (χ4v) is 4.47. The van der Waals surface area contributed by atoms with E-state index in [1.165, 1.54) is 31.2 Å². The van der Waals surface area contributed by atoms with Crippen LogP contribution in [0.2, 0.25) is 0 Å². The van der Waals surface area contributed by atoms with Gasteiger partial charge in [0.1, 0.15) is 0 Å². The average Bonchev–Trinajstić information content (AvgIpc) is 2.72. The molecule has 1 aromatic carbocycles. The van der Waals surface area contributed by atoms with Gasteiger partial charge in [0.2, 0.25) is 15.9 Å². The van der Waals surface area contributed by atoms with E-state index in [1.807, 2.05) is 0 Å². The Kier molecular flexibility index (Phi) is 9.00. The first-order chi connectivity index (χ1) is 14.6. The first kappa shape index (κ1) is 24.8. The average molecular weight is 454 g/mol. The molecule has 2 amide bonds. The summed E-state index contributed by atoms with van der Waals surface area (Å²) in [7, 11) is -2.09.